The Balaban J connectivity index is 2.22. The Labute approximate surface area is 130 Å². The first-order valence-corrected chi connectivity index (χ1v) is 7.21. The Morgan fingerprint density at radius 2 is 1.81 bits per heavy atom. The van der Waals surface area contributed by atoms with Gasteiger partial charge >= 0.3 is 0 Å². The topological polar surface area (TPSA) is 41.1 Å². The first-order valence-electron chi connectivity index (χ1n) is 6.83. The fourth-order valence-corrected chi connectivity index (χ4v) is 2.44. The molecule has 0 aliphatic carbocycles. The molecule has 0 unspecified atom stereocenters. The number of amides is 1. The van der Waals surface area contributed by atoms with Crippen LogP contribution in [-0.2, 0) is 6.54 Å². The molecule has 0 aliphatic heterocycles. The van der Waals surface area contributed by atoms with Crippen LogP contribution in [-0.4, -0.2) is 13.0 Å². The minimum Gasteiger partial charge on any atom is -0.380 e. The fourth-order valence-electron chi connectivity index (χ4n) is 2.26. The number of carbonyl (C=O) groups excluding carboxylic acids is 1. The van der Waals surface area contributed by atoms with Gasteiger partial charge in [-0.15, -0.1) is 0 Å². The summed E-state index contributed by atoms with van der Waals surface area (Å²) in [5, 5.41) is 6.53. The Bertz CT molecular complexity index is 648. The van der Waals surface area contributed by atoms with Crippen LogP contribution in [0.4, 0.5) is 5.69 Å². The number of benzene rings is 2. The average Bonchev–Trinajstić information content (AvgIpc) is 2.47. The maximum atomic E-state index is 11.7. The van der Waals surface area contributed by atoms with Gasteiger partial charge in [-0.2, -0.15) is 0 Å². The van der Waals surface area contributed by atoms with Crippen LogP contribution in [0.5, 0.6) is 0 Å². The number of hydrogen-bond donors (Lipinski definition) is 2. The van der Waals surface area contributed by atoms with Crippen LogP contribution in [0.3, 0.4) is 0 Å². The van der Waals surface area contributed by atoms with E-state index >= 15 is 0 Å². The van der Waals surface area contributed by atoms with Gasteiger partial charge in [-0.05, 0) is 48.7 Å². The van der Waals surface area contributed by atoms with Crippen molar-refractivity contribution in [2.24, 2.45) is 0 Å². The molecule has 1 amide bonds. The molecule has 0 heterocycles. The summed E-state index contributed by atoms with van der Waals surface area (Å²) >= 11 is 6.20. The number of anilines is 1. The molecule has 0 aromatic heterocycles. The van der Waals surface area contributed by atoms with E-state index in [0.29, 0.717) is 17.1 Å². The Morgan fingerprint density at radius 3 is 2.43 bits per heavy atom. The second-order valence-corrected chi connectivity index (χ2v) is 5.40. The van der Waals surface area contributed by atoms with Crippen molar-refractivity contribution in [3.63, 3.8) is 0 Å². The summed E-state index contributed by atoms with van der Waals surface area (Å²) in [5.74, 6) is -0.123. The lowest BCUT2D eigenvalue weighted by Crippen LogP contribution is -2.18. The van der Waals surface area contributed by atoms with Gasteiger partial charge in [0.15, 0.2) is 0 Å². The highest BCUT2D eigenvalue weighted by Gasteiger charge is 2.08. The number of hydrogen-bond acceptors (Lipinski definition) is 2. The van der Waals surface area contributed by atoms with Crippen molar-refractivity contribution in [3.05, 3.63) is 63.7 Å². The Morgan fingerprint density at radius 1 is 1.14 bits per heavy atom. The van der Waals surface area contributed by atoms with Crippen molar-refractivity contribution in [1.29, 1.82) is 0 Å². The first kappa shape index (κ1) is 15.4. The summed E-state index contributed by atoms with van der Waals surface area (Å²) in [4.78, 5) is 11.7. The largest absolute Gasteiger partial charge is 0.380 e. The van der Waals surface area contributed by atoms with Crippen molar-refractivity contribution >= 4 is 23.2 Å². The lowest BCUT2D eigenvalue weighted by Gasteiger charge is -2.13. The van der Waals surface area contributed by atoms with Gasteiger partial charge in [-0.1, -0.05) is 29.8 Å². The molecule has 0 saturated carbocycles. The van der Waals surface area contributed by atoms with Gasteiger partial charge < -0.3 is 10.6 Å². The molecule has 4 heteroatoms. The zero-order chi connectivity index (χ0) is 15.4. The van der Waals surface area contributed by atoms with Gasteiger partial charge in [0.05, 0.1) is 10.7 Å². The van der Waals surface area contributed by atoms with E-state index in [9.17, 15) is 4.79 Å². The highest BCUT2D eigenvalue weighted by molar-refractivity contribution is 6.33. The molecule has 0 aliphatic rings. The van der Waals surface area contributed by atoms with Gasteiger partial charge in [0.1, 0.15) is 0 Å². The molecule has 21 heavy (non-hydrogen) atoms. The van der Waals surface area contributed by atoms with E-state index in [1.165, 1.54) is 16.7 Å². The molecule has 0 saturated heterocycles. The molecular formula is C17H19ClN2O. The highest BCUT2D eigenvalue weighted by Crippen LogP contribution is 2.24. The molecule has 0 bridgehead atoms. The summed E-state index contributed by atoms with van der Waals surface area (Å²) in [6, 6.07) is 11.5. The SMILES string of the molecule is CNC(=O)c1ccc(Cl)c(NCc2c(C)cccc2C)c1. The molecule has 2 rings (SSSR count). The minimum atomic E-state index is -0.123. The second kappa shape index (κ2) is 6.64. The molecule has 0 radical (unpaired) electrons. The van der Waals surface area contributed by atoms with E-state index in [4.69, 9.17) is 11.6 Å². The summed E-state index contributed by atoms with van der Waals surface area (Å²) in [5.41, 5.74) is 5.08. The predicted molar refractivity (Wildman–Crippen MR) is 88.1 cm³/mol. The summed E-state index contributed by atoms with van der Waals surface area (Å²) in [7, 11) is 1.61. The van der Waals surface area contributed by atoms with Crippen molar-refractivity contribution in [3.8, 4) is 0 Å². The lowest BCUT2D eigenvalue weighted by molar-refractivity contribution is 0.0963. The zero-order valence-corrected chi connectivity index (χ0v) is 13.2. The molecule has 0 spiro atoms. The van der Waals surface area contributed by atoms with Crippen LogP contribution >= 0.6 is 11.6 Å². The van der Waals surface area contributed by atoms with Crippen molar-refractivity contribution < 1.29 is 4.79 Å². The van der Waals surface area contributed by atoms with E-state index in [2.05, 4.69) is 36.6 Å². The summed E-state index contributed by atoms with van der Waals surface area (Å²) in [6.45, 7) is 4.86. The van der Waals surface area contributed by atoms with Gasteiger partial charge in [-0.25, -0.2) is 0 Å². The monoisotopic (exact) mass is 302 g/mol. The third-order valence-corrected chi connectivity index (χ3v) is 3.89. The smallest absolute Gasteiger partial charge is 0.251 e. The summed E-state index contributed by atoms with van der Waals surface area (Å²) in [6.07, 6.45) is 0. The van der Waals surface area contributed by atoms with E-state index in [-0.39, 0.29) is 5.91 Å². The lowest BCUT2D eigenvalue weighted by atomic mass is 10.0. The highest BCUT2D eigenvalue weighted by atomic mass is 35.5. The average molecular weight is 303 g/mol. The maximum absolute atomic E-state index is 11.7. The summed E-state index contributed by atoms with van der Waals surface area (Å²) < 4.78 is 0. The fraction of sp³-hybridized carbons (Fsp3) is 0.235. The van der Waals surface area contributed by atoms with Crippen LogP contribution in [0, 0.1) is 13.8 Å². The molecular weight excluding hydrogens is 284 g/mol. The molecule has 110 valence electrons. The Kier molecular flexibility index (Phi) is 4.86. The molecule has 2 aromatic rings. The van der Waals surface area contributed by atoms with E-state index in [1.807, 2.05) is 6.07 Å². The molecule has 2 N–H and O–H groups in total. The van der Waals surface area contributed by atoms with E-state index < -0.39 is 0 Å². The molecule has 0 atom stereocenters. The number of halogens is 1. The quantitative estimate of drug-likeness (QED) is 0.898. The van der Waals surface area contributed by atoms with Crippen molar-refractivity contribution in [2.45, 2.75) is 20.4 Å². The second-order valence-electron chi connectivity index (χ2n) is 5.00. The number of rotatable bonds is 4. The van der Waals surface area contributed by atoms with Crippen molar-refractivity contribution in [2.75, 3.05) is 12.4 Å². The number of carbonyl (C=O) groups is 1. The van der Waals surface area contributed by atoms with E-state index in [0.717, 1.165) is 5.69 Å². The third-order valence-electron chi connectivity index (χ3n) is 3.56. The number of aryl methyl sites for hydroxylation is 2. The first-order chi connectivity index (χ1) is 10.0. The minimum absolute atomic E-state index is 0.123. The molecule has 0 fully saturated rings. The number of nitrogens with one attached hydrogen (secondary N) is 2. The van der Waals surface area contributed by atoms with Gasteiger partial charge in [0, 0.05) is 19.2 Å². The Hall–Kier alpha value is -2.00. The molecule has 3 nitrogen and oxygen atoms in total. The van der Waals surface area contributed by atoms with E-state index in [1.54, 1.807) is 25.2 Å². The van der Waals surface area contributed by atoms with Crippen molar-refractivity contribution in [1.82, 2.24) is 5.32 Å². The standard InChI is InChI=1S/C17H19ClN2O/c1-11-5-4-6-12(2)14(11)10-20-16-9-13(17(21)19-3)7-8-15(16)18/h4-9,20H,10H2,1-3H3,(H,19,21). The van der Waals surface area contributed by atoms with Crippen LogP contribution in [0.1, 0.15) is 27.0 Å². The van der Waals surface area contributed by atoms with Crippen LogP contribution < -0.4 is 10.6 Å². The third kappa shape index (κ3) is 3.56. The van der Waals surface area contributed by atoms with Gasteiger partial charge in [0.2, 0.25) is 0 Å². The van der Waals surface area contributed by atoms with Crippen LogP contribution in [0.25, 0.3) is 0 Å². The maximum Gasteiger partial charge on any atom is 0.251 e. The van der Waals surface area contributed by atoms with Gasteiger partial charge in [0.25, 0.3) is 5.91 Å². The zero-order valence-electron chi connectivity index (χ0n) is 12.5. The normalized spacial score (nSPS) is 10.3. The van der Waals surface area contributed by atoms with Crippen LogP contribution in [0.15, 0.2) is 36.4 Å². The van der Waals surface area contributed by atoms with Gasteiger partial charge in [-0.3, -0.25) is 4.79 Å². The van der Waals surface area contributed by atoms with Crippen LogP contribution in [0.2, 0.25) is 5.02 Å². The predicted octanol–water partition coefficient (Wildman–Crippen LogP) is 3.93. The molecule has 2 aromatic carbocycles.